The van der Waals surface area contributed by atoms with Crippen LogP contribution in [0.5, 0.6) is 11.5 Å². The topological polar surface area (TPSA) is 137 Å². The van der Waals surface area contributed by atoms with Crippen LogP contribution in [0, 0.1) is 0 Å². The van der Waals surface area contributed by atoms with E-state index in [2.05, 4.69) is 10.0 Å². The van der Waals surface area contributed by atoms with Crippen LogP contribution in [0.15, 0.2) is 23.1 Å². The molecule has 1 saturated carbocycles. The van der Waals surface area contributed by atoms with E-state index in [9.17, 15) is 18.0 Å². The van der Waals surface area contributed by atoms with Crippen molar-refractivity contribution in [3.05, 3.63) is 18.2 Å². The second-order valence-electron chi connectivity index (χ2n) is 7.68. The predicted molar refractivity (Wildman–Crippen MR) is 110 cm³/mol. The predicted octanol–water partition coefficient (Wildman–Crippen LogP) is 1.21. The third-order valence-corrected chi connectivity index (χ3v) is 6.79. The summed E-state index contributed by atoms with van der Waals surface area (Å²) in [5.41, 5.74) is 5.22. The monoisotopic (exact) mass is 439 g/mol. The van der Waals surface area contributed by atoms with Crippen LogP contribution in [-0.2, 0) is 19.6 Å². The Bertz CT molecular complexity index is 865. The number of benzene rings is 1. The van der Waals surface area contributed by atoms with Crippen molar-refractivity contribution in [2.45, 2.75) is 68.3 Å². The Kier molecular flexibility index (Phi) is 7.54. The zero-order chi connectivity index (χ0) is 21.6. The first-order chi connectivity index (χ1) is 14.3. The van der Waals surface area contributed by atoms with Gasteiger partial charge in [-0.1, -0.05) is 25.7 Å². The van der Waals surface area contributed by atoms with E-state index in [1.165, 1.54) is 18.2 Å². The minimum atomic E-state index is -4.03. The fourth-order valence-electron chi connectivity index (χ4n) is 3.70. The van der Waals surface area contributed by atoms with E-state index in [1.54, 1.807) is 0 Å². The molecule has 3 rings (SSSR count). The van der Waals surface area contributed by atoms with Crippen LogP contribution < -0.4 is 25.2 Å². The van der Waals surface area contributed by atoms with E-state index in [0.29, 0.717) is 24.7 Å². The highest BCUT2D eigenvalue weighted by Crippen LogP contribution is 2.32. The fraction of sp³-hybridized carbons (Fsp3) is 0.600. The van der Waals surface area contributed by atoms with E-state index >= 15 is 0 Å². The van der Waals surface area contributed by atoms with Gasteiger partial charge in [0.05, 0.1) is 4.90 Å². The van der Waals surface area contributed by atoms with E-state index in [-0.39, 0.29) is 23.8 Å². The number of amides is 2. The van der Waals surface area contributed by atoms with Gasteiger partial charge in [-0.05, 0) is 31.4 Å². The van der Waals surface area contributed by atoms with Crippen molar-refractivity contribution < 1.29 is 27.5 Å². The number of nitrogens with two attached hydrogens (primary N) is 1. The average molecular weight is 440 g/mol. The maximum absolute atomic E-state index is 12.9. The summed E-state index contributed by atoms with van der Waals surface area (Å²) in [6, 6.07) is 3.19. The summed E-state index contributed by atoms with van der Waals surface area (Å²) in [6.45, 7) is 0.725. The molecule has 166 valence electrons. The van der Waals surface area contributed by atoms with Crippen LogP contribution in [-0.4, -0.2) is 45.5 Å². The smallest absolute Gasteiger partial charge is 0.241 e. The molecule has 0 unspecified atom stereocenters. The summed E-state index contributed by atoms with van der Waals surface area (Å²) < 4.78 is 39.1. The maximum Gasteiger partial charge on any atom is 0.241 e. The highest BCUT2D eigenvalue weighted by Gasteiger charge is 2.29. The molecule has 1 fully saturated rings. The highest BCUT2D eigenvalue weighted by atomic mass is 32.2. The molecule has 1 aliphatic heterocycles. The van der Waals surface area contributed by atoms with E-state index < -0.39 is 27.9 Å². The standard InChI is InChI=1S/C20H29N3O6S/c21-19(24)10-8-16(20(25)22-14-5-3-1-2-4-6-14)23-30(26,27)15-7-9-17-18(13-15)29-12-11-28-17/h7,9,13-14,16,23H,1-6,8,10-12H2,(H2,21,24)(H,22,25)/t16-/m1/s1. The number of sulfonamides is 1. The summed E-state index contributed by atoms with van der Waals surface area (Å²) in [7, 11) is -4.03. The summed E-state index contributed by atoms with van der Waals surface area (Å²) >= 11 is 0. The molecular formula is C20H29N3O6S. The van der Waals surface area contributed by atoms with Gasteiger partial charge in [0.1, 0.15) is 19.3 Å². The zero-order valence-corrected chi connectivity index (χ0v) is 17.7. The lowest BCUT2D eigenvalue weighted by Gasteiger charge is -2.23. The van der Waals surface area contributed by atoms with E-state index in [0.717, 1.165) is 38.5 Å². The van der Waals surface area contributed by atoms with E-state index in [1.807, 2.05) is 0 Å². The Morgan fingerprint density at radius 3 is 2.40 bits per heavy atom. The normalized spacial score (nSPS) is 18.3. The van der Waals surface area contributed by atoms with Gasteiger partial charge in [0.2, 0.25) is 21.8 Å². The van der Waals surface area contributed by atoms with Gasteiger partial charge in [0, 0.05) is 18.5 Å². The third-order valence-electron chi connectivity index (χ3n) is 5.32. The average Bonchev–Trinajstić information content (AvgIpc) is 2.99. The second-order valence-corrected chi connectivity index (χ2v) is 9.40. The van der Waals surface area contributed by atoms with Gasteiger partial charge in [-0.3, -0.25) is 9.59 Å². The van der Waals surface area contributed by atoms with Crippen LogP contribution in [0.2, 0.25) is 0 Å². The number of fused-ring (bicyclic) bond motifs is 1. The van der Waals surface area contributed by atoms with Crippen LogP contribution in [0.3, 0.4) is 0 Å². The van der Waals surface area contributed by atoms with Crippen molar-refractivity contribution in [2.75, 3.05) is 13.2 Å². The molecule has 1 heterocycles. The molecule has 9 nitrogen and oxygen atoms in total. The molecule has 1 aromatic carbocycles. The van der Waals surface area contributed by atoms with Crippen LogP contribution in [0.1, 0.15) is 51.4 Å². The zero-order valence-electron chi connectivity index (χ0n) is 16.9. The number of nitrogens with one attached hydrogen (secondary N) is 2. The van der Waals surface area contributed by atoms with Crippen molar-refractivity contribution in [2.24, 2.45) is 5.73 Å². The third kappa shape index (κ3) is 6.09. The minimum absolute atomic E-state index is 0.00914. The molecule has 4 N–H and O–H groups in total. The fourth-order valence-corrected chi connectivity index (χ4v) is 4.95. The van der Waals surface area contributed by atoms with E-state index in [4.69, 9.17) is 15.2 Å². The molecule has 1 atom stereocenters. The molecule has 0 radical (unpaired) electrons. The quantitative estimate of drug-likeness (QED) is 0.521. The molecule has 0 saturated heterocycles. The molecule has 0 spiro atoms. The molecule has 2 amide bonds. The maximum atomic E-state index is 12.9. The number of carbonyl (C=O) groups is 2. The molecule has 30 heavy (non-hydrogen) atoms. The van der Waals surface area contributed by atoms with Gasteiger partial charge in [0.15, 0.2) is 11.5 Å². The van der Waals surface area contributed by atoms with Gasteiger partial charge in [-0.2, -0.15) is 4.72 Å². The van der Waals surface area contributed by atoms with Crippen LogP contribution in [0.25, 0.3) is 0 Å². The Morgan fingerprint density at radius 2 is 1.73 bits per heavy atom. The molecule has 1 aliphatic carbocycles. The molecule has 1 aromatic rings. The first-order valence-electron chi connectivity index (χ1n) is 10.4. The first kappa shape index (κ1) is 22.4. The molecule has 2 aliphatic rings. The summed E-state index contributed by atoms with van der Waals surface area (Å²) in [4.78, 5) is 24.0. The van der Waals surface area contributed by atoms with Crippen molar-refractivity contribution in [1.82, 2.24) is 10.0 Å². The Balaban J connectivity index is 1.73. The van der Waals surface area contributed by atoms with Crippen molar-refractivity contribution in [3.8, 4) is 11.5 Å². The second kappa shape index (κ2) is 10.1. The number of ether oxygens (including phenoxy) is 2. The summed E-state index contributed by atoms with van der Waals surface area (Å²) in [5.74, 6) is -0.234. The lowest BCUT2D eigenvalue weighted by Crippen LogP contribution is -2.49. The lowest BCUT2D eigenvalue weighted by molar-refractivity contribution is -0.124. The number of hydrogen-bond donors (Lipinski definition) is 3. The van der Waals surface area contributed by atoms with Crippen molar-refractivity contribution >= 4 is 21.8 Å². The number of rotatable bonds is 8. The first-order valence-corrected chi connectivity index (χ1v) is 11.8. The lowest BCUT2D eigenvalue weighted by atomic mass is 10.1. The summed E-state index contributed by atoms with van der Waals surface area (Å²) in [6.07, 6.45) is 5.93. The minimum Gasteiger partial charge on any atom is -0.486 e. The van der Waals surface area contributed by atoms with Gasteiger partial charge >= 0.3 is 0 Å². The number of primary amides is 1. The molecule has 0 bridgehead atoms. The summed E-state index contributed by atoms with van der Waals surface area (Å²) in [5, 5.41) is 2.94. The van der Waals surface area contributed by atoms with Crippen LogP contribution >= 0.6 is 0 Å². The van der Waals surface area contributed by atoms with Crippen LogP contribution in [0.4, 0.5) is 0 Å². The Labute approximate surface area is 176 Å². The van der Waals surface area contributed by atoms with Crippen molar-refractivity contribution in [3.63, 3.8) is 0 Å². The van der Waals surface area contributed by atoms with Crippen molar-refractivity contribution in [1.29, 1.82) is 0 Å². The Morgan fingerprint density at radius 1 is 1.07 bits per heavy atom. The molecule has 10 heteroatoms. The van der Waals surface area contributed by atoms with Gasteiger partial charge in [-0.25, -0.2) is 8.42 Å². The highest BCUT2D eigenvalue weighted by molar-refractivity contribution is 7.89. The number of hydrogen-bond acceptors (Lipinski definition) is 6. The van der Waals surface area contributed by atoms with Gasteiger partial charge < -0.3 is 20.5 Å². The largest absolute Gasteiger partial charge is 0.486 e. The number of carbonyl (C=O) groups excluding carboxylic acids is 2. The Hall–Kier alpha value is -2.33. The van der Waals surface area contributed by atoms with Gasteiger partial charge in [-0.15, -0.1) is 0 Å². The molecular weight excluding hydrogens is 410 g/mol. The SMILES string of the molecule is NC(=O)CC[C@@H](NS(=O)(=O)c1ccc2c(c1)OCCO2)C(=O)NC1CCCCCC1. The molecule has 0 aromatic heterocycles. The van der Waals surface area contributed by atoms with Gasteiger partial charge in [0.25, 0.3) is 0 Å².